The number of nitrogens with zero attached hydrogens (tertiary/aromatic N) is 1. The number of hydrogen-bond acceptors (Lipinski definition) is 6. The maximum Gasteiger partial charge on any atom is 0.264 e. The van der Waals surface area contributed by atoms with E-state index in [1.165, 1.54) is 5.56 Å². The molecule has 2 N–H and O–H groups in total. The van der Waals surface area contributed by atoms with Gasteiger partial charge in [-0.2, -0.15) is 0 Å². The fourth-order valence-electron chi connectivity index (χ4n) is 6.34. The SMILES string of the molecule is O=C1NS(=O)(=O)[C@H]2C[C@H](/C=C/[C@H](O)[C@@H]3CC[C@H]3CN3CCCCc4cc(Cl)ccc4COc4ccc1cc43)C2. The Hall–Kier alpha value is -2.55. The van der Waals surface area contributed by atoms with Crippen LogP contribution in [0.15, 0.2) is 48.6 Å². The zero-order valence-corrected chi connectivity index (χ0v) is 23.5. The van der Waals surface area contributed by atoms with Crippen molar-refractivity contribution in [2.45, 2.75) is 62.9 Å². The van der Waals surface area contributed by atoms with Crippen LogP contribution in [0.4, 0.5) is 5.69 Å². The molecule has 3 atom stereocenters. The summed E-state index contributed by atoms with van der Waals surface area (Å²) in [5.41, 5.74) is 3.33. The number of halogens is 1. The van der Waals surface area contributed by atoms with Crippen molar-refractivity contribution < 1.29 is 23.1 Å². The molecule has 2 aromatic carbocycles. The Kier molecular flexibility index (Phi) is 7.37. The minimum absolute atomic E-state index is 0.107. The molecule has 2 aliphatic carbocycles. The number of benzene rings is 2. The lowest BCUT2D eigenvalue weighted by Gasteiger charge is -2.43. The molecule has 5 aliphatic rings. The summed E-state index contributed by atoms with van der Waals surface area (Å²) in [4.78, 5) is 15.4. The van der Waals surface area contributed by atoms with Gasteiger partial charge in [-0.3, -0.25) is 4.79 Å². The Balaban J connectivity index is 1.37. The molecule has 0 unspecified atom stereocenters. The molecular formula is C30H35ClN2O5S. The van der Waals surface area contributed by atoms with Gasteiger partial charge >= 0.3 is 0 Å². The Bertz CT molecular complexity index is 1390. The van der Waals surface area contributed by atoms with Crippen LogP contribution in [0.2, 0.25) is 5.02 Å². The molecule has 0 saturated heterocycles. The number of aliphatic hydroxyl groups is 1. The maximum atomic E-state index is 13.2. The molecule has 7 nitrogen and oxygen atoms in total. The highest BCUT2D eigenvalue weighted by molar-refractivity contribution is 7.90. The van der Waals surface area contributed by atoms with Gasteiger partial charge in [0.15, 0.2) is 0 Å². The third-order valence-electron chi connectivity index (χ3n) is 8.99. The van der Waals surface area contributed by atoms with Gasteiger partial charge in [0.1, 0.15) is 12.4 Å². The largest absolute Gasteiger partial charge is 0.487 e. The molecule has 1 amide bonds. The van der Waals surface area contributed by atoms with Gasteiger partial charge in [0.05, 0.1) is 17.0 Å². The molecule has 2 aromatic rings. The zero-order valence-electron chi connectivity index (χ0n) is 21.9. The normalized spacial score (nSPS) is 31.1. The molecular weight excluding hydrogens is 536 g/mol. The number of carbonyl (C=O) groups is 1. The average Bonchev–Trinajstić information content (AvgIpc) is 2.87. The minimum Gasteiger partial charge on any atom is -0.487 e. The van der Waals surface area contributed by atoms with E-state index in [0.29, 0.717) is 41.7 Å². The lowest BCUT2D eigenvalue weighted by Crippen LogP contribution is -2.45. The standard InChI is InChI=1S/C30H35ClN2O5S/c31-24-8-5-23-18-38-29-11-7-21-16-27(29)33(12-2-1-3-20(23)15-24)17-22-6-9-26(22)28(34)10-4-19-13-25(14-19)39(36,37)32-30(21)35/h4-5,7-8,10-11,15-16,19,22,25-26,28,34H,1-3,6,9,12-14,17-18H2,(H,32,35)/b10-4+/t19-,22-,25-,26+,28-/m0/s1. The van der Waals surface area contributed by atoms with Gasteiger partial charge in [0.25, 0.3) is 5.91 Å². The molecule has 2 saturated carbocycles. The first kappa shape index (κ1) is 26.7. The topological polar surface area (TPSA) is 95.9 Å². The van der Waals surface area contributed by atoms with Crippen molar-refractivity contribution in [1.29, 1.82) is 0 Å². The van der Waals surface area contributed by atoms with Gasteiger partial charge in [-0.1, -0.05) is 29.8 Å². The average molecular weight is 571 g/mol. The first-order chi connectivity index (χ1) is 18.8. The Labute approximate surface area is 235 Å². The lowest BCUT2D eigenvalue weighted by atomic mass is 9.70. The summed E-state index contributed by atoms with van der Waals surface area (Å²) in [5.74, 6) is 0.620. The van der Waals surface area contributed by atoms with Gasteiger partial charge in [-0.15, -0.1) is 0 Å². The van der Waals surface area contributed by atoms with Crippen molar-refractivity contribution in [3.8, 4) is 5.75 Å². The van der Waals surface area contributed by atoms with Crippen molar-refractivity contribution >= 4 is 33.2 Å². The second-order valence-corrected chi connectivity index (χ2v) is 13.9. The highest BCUT2D eigenvalue weighted by Crippen LogP contribution is 2.42. The second kappa shape index (κ2) is 10.8. The number of aliphatic hydroxyl groups excluding tert-OH is 1. The van der Waals surface area contributed by atoms with E-state index in [1.54, 1.807) is 18.2 Å². The molecule has 3 aliphatic heterocycles. The predicted molar refractivity (Wildman–Crippen MR) is 152 cm³/mol. The molecule has 208 valence electrons. The highest BCUT2D eigenvalue weighted by atomic mass is 35.5. The molecule has 9 heteroatoms. The first-order valence-electron chi connectivity index (χ1n) is 14.0. The highest BCUT2D eigenvalue weighted by Gasteiger charge is 2.40. The number of rotatable bonds is 0. The fraction of sp³-hybridized carbons (Fsp3) is 0.500. The Morgan fingerprint density at radius 1 is 1.03 bits per heavy atom. The van der Waals surface area contributed by atoms with E-state index < -0.39 is 27.3 Å². The maximum absolute atomic E-state index is 13.2. The predicted octanol–water partition coefficient (Wildman–Crippen LogP) is 4.86. The van der Waals surface area contributed by atoms with Crippen molar-refractivity contribution in [3.05, 3.63) is 70.3 Å². The van der Waals surface area contributed by atoms with E-state index in [1.807, 2.05) is 30.4 Å². The van der Waals surface area contributed by atoms with Crippen molar-refractivity contribution in [1.82, 2.24) is 4.72 Å². The van der Waals surface area contributed by atoms with Crippen molar-refractivity contribution in [2.75, 3.05) is 18.0 Å². The molecule has 4 bridgehead atoms. The second-order valence-electron chi connectivity index (χ2n) is 11.5. The van der Waals surface area contributed by atoms with E-state index in [9.17, 15) is 18.3 Å². The monoisotopic (exact) mass is 570 g/mol. The van der Waals surface area contributed by atoms with Gasteiger partial charge in [-0.05, 0) is 104 Å². The summed E-state index contributed by atoms with van der Waals surface area (Å²) in [7, 11) is -3.79. The number of hydrogen-bond donors (Lipinski definition) is 2. The minimum atomic E-state index is -3.79. The van der Waals surface area contributed by atoms with Gasteiger partial charge in [0, 0.05) is 23.7 Å². The number of anilines is 1. The number of carbonyl (C=O) groups excluding carboxylic acids is 1. The van der Waals surface area contributed by atoms with E-state index >= 15 is 0 Å². The molecule has 0 aromatic heterocycles. The van der Waals surface area contributed by atoms with Gasteiger partial charge < -0.3 is 14.7 Å². The van der Waals surface area contributed by atoms with Crippen LogP contribution in [0, 0.1) is 17.8 Å². The smallest absolute Gasteiger partial charge is 0.264 e. The first-order valence-corrected chi connectivity index (χ1v) is 15.9. The Morgan fingerprint density at radius 2 is 1.87 bits per heavy atom. The van der Waals surface area contributed by atoms with Crippen LogP contribution >= 0.6 is 11.6 Å². The lowest BCUT2D eigenvalue weighted by molar-refractivity contribution is 0.0458. The molecule has 7 rings (SSSR count). The van der Waals surface area contributed by atoms with Gasteiger partial charge in [-0.25, -0.2) is 13.1 Å². The number of allylic oxidation sites excluding steroid dienone is 1. The fourth-order valence-corrected chi connectivity index (χ4v) is 8.07. The van der Waals surface area contributed by atoms with Gasteiger partial charge in [0.2, 0.25) is 10.0 Å². The van der Waals surface area contributed by atoms with Crippen molar-refractivity contribution in [3.63, 3.8) is 0 Å². The van der Waals surface area contributed by atoms with Crippen molar-refractivity contribution in [2.24, 2.45) is 17.8 Å². The summed E-state index contributed by atoms with van der Waals surface area (Å²) in [5, 5.41) is 11.1. The van der Waals surface area contributed by atoms with E-state index in [0.717, 1.165) is 56.4 Å². The van der Waals surface area contributed by atoms with Crippen LogP contribution in [-0.4, -0.2) is 43.9 Å². The summed E-state index contributed by atoms with van der Waals surface area (Å²) in [6, 6.07) is 11.1. The number of ether oxygens (including phenoxy) is 1. The molecule has 0 spiro atoms. The van der Waals surface area contributed by atoms with E-state index in [2.05, 4.69) is 9.62 Å². The summed E-state index contributed by atoms with van der Waals surface area (Å²) in [6.45, 7) is 1.86. The number of sulfonamides is 1. The number of amides is 1. The molecule has 39 heavy (non-hydrogen) atoms. The van der Waals surface area contributed by atoms with Crippen LogP contribution in [0.1, 0.15) is 60.0 Å². The summed E-state index contributed by atoms with van der Waals surface area (Å²) in [6.07, 6.45) is 8.99. The Morgan fingerprint density at radius 3 is 2.67 bits per heavy atom. The summed E-state index contributed by atoms with van der Waals surface area (Å²) >= 11 is 6.29. The quantitative estimate of drug-likeness (QED) is 0.439. The van der Waals surface area contributed by atoms with Crippen LogP contribution in [0.25, 0.3) is 0 Å². The number of nitrogens with one attached hydrogen (secondary N) is 1. The zero-order chi connectivity index (χ0) is 27.1. The van der Waals surface area contributed by atoms with Crippen LogP contribution in [-0.2, 0) is 23.1 Å². The number of aryl methyl sites for hydroxylation is 1. The summed E-state index contributed by atoms with van der Waals surface area (Å²) < 4.78 is 34.5. The number of fused-ring (bicyclic) bond motifs is 4. The van der Waals surface area contributed by atoms with Crippen LogP contribution < -0.4 is 14.4 Å². The van der Waals surface area contributed by atoms with E-state index in [-0.39, 0.29) is 11.8 Å². The molecule has 3 heterocycles. The third kappa shape index (κ3) is 5.56. The molecule has 0 radical (unpaired) electrons. The van der Waals surface area contributed by atoms with Crippen LogP contribution in [0.3, 0.4) is 0 Å². The van der Waals surface area contributed by atoms with Crippen LogP contribution in [0.5, 0.6) is 5.75 Å². The molecule has 2 fully saturated rings. The van der Waals surface area contributed by atoms with E-state index in [4.69, 9.17) is 16.3 Å². The third-order valence-corrected chi connectivity index (χ3v) is 11.0.